The molecule has 0 saturated carbocycles. The Bertz CT molecular complexity index is 567. The van der Waals surface area contributed by atoms with Crippen molar-refractivity contribution in [1.29, 1.82) is 10.8 Å². The third-order valence-electron chi connectivity index (χ3n) is 3.41. The first-order valence-corrected chi connectivity index (χ1v) is 6.99. The maximum Gasteiger partial charge on any atom is 0.417 e. The fraction of sp³-hybridized carbons (Fsp3) is 0.462. The number of hydrogen-bond donors (Lipinski definition) is 2. The Morgan fingerprint density at radius 3 is 2.45 bits per heavy atom. The standard InChI is InChI=1S/C13H15ClF3N5/c14-10-7-9(13(15,16)17)8-20-12(10)22-5-3-21(4-6-22)11(19)1-2-18/h2,7-8,18-19H,1,3-6H2. The lowest BCUT2D eigenvalue weighted by Gasteiger charge is -2.36. The van der Waals surface area contributed by atoms with Crippen molar-refractivity contribution in [3.63, 3.8) is 0 Å². The zero-order valence-electron chi connectivity index (χ0n) is 11.6. The molecule has 2 N–H and O–H groups in total. The number of amidine groups is 1. The molecule has 1 fully saturated rings. The molecule has 1 aliphatic rings. The van der Waals surface area contributed by atoms with Crippen molar-refractivity contribution in [2.75, 3.05) is 31.1 Å². The second-order valence-electron chi connectivity index (χ2n) is 4.86. The Kier molecular flexibility index (Phi) is 4.90. The lowest BCUT2D eigenvalue weighted by molar-refractivity contribution is -0.137. The van der Waals surface area contributed by atoms with E-state index in [-0.39, 0.29) is 11.4 Å². The first kappa shape index (κ1) is 16.5. The first-order valence-electron chi connectivity index (χ1n) is 6.62. The second kappa shape index (κ2) is 6.51. The van der Waals surface area contributed by atoms with Gasteiger partial charge in [-0.2, -0.15) is 13.2 Å². The van der Waals surface area contributed by atoms with Crippen LogP contribution in [0.1, 0.15) is 12.0 Å². The largest absolute Gasteiger partial charge is 0.417 e. The highest BCUT2D eigenvalue weighted by Crippen LogP contribution is 2.33. The van der Waals surface area contributed by atoms with Gasteiger partial charge in [0.15, 0.2) is 0 Å². The van der Waals surface area contributed by atoms with Gasteiger partial charge in [0.25, 0.3) is 0 Å². The molecule has 5 nitrogen and oxygen atoms in total. The Balaban J connectivity index is 2.05. The third kappa shape index (κ3) is 3.68. The molecular weight excluding hydrogens is 319 g/mol. The monoisotopic (exact) mass is 333 g/mol. The summed E-state index contributed by atoms with van der Waals surface area (Å²) in [6.45, 7) is 2.12. The van der Waals surface area contributed by atoms with Crippen LogP contribution >= 0.6 is 11.6 Å². The van der Waals surface area contributed by atoms with Gasteiger partial charge in [-0.1, -0.05) is 11.6 Å². The summed E-state index contributed by atoms with van der Waals surface area (Å²) in [7, 11) is 0. The number of halogens is 4. The van der Waals surface area contributed by atoms with Crippen molar-refractivity contribution < 1.29 is 13.2 Å². The smallest absolute Gasteiger partial charge is 0.357 e. The number of nitrogens with zero attached hydrogens (tertiary/aromatic N) is 3. The van der Waals surface area contributed by atoms with Crippen LogP contribution < -0.4 is 4.90 Å². The lowest BCUT2D eigenvalue weighted by Crippen LogP contribution is -2.49. The van der Waals surface area contributed by atoms with Crippen LogP contribution in [0.4, 0.5) is 19.0 Å². The van der Waals surface area contributed by atoms with Crippen LogP contribution in [-0.2, 0) is 6.18 Å². The zero-order chi connectivity index (χ0) is 16.3. The molecule has 2 heterocycles. The summed E-state index contributed by atoms with van der Waals surface area (Å²) in [6.07, 6.45) is -2.23. The van der Waals surface area contributed by atoms with Gasteiger partial charge in [0, 0.05) is 45.0 Å². The van der Waals surface area contributed by atoms with Gasteiger partial charge in [-0.25, -0.2) is 4.98 Å². The third-order valence-corrected chi connectivity index (χ3v) is 3.68. The van der Waals surface area contributed by atoms with E-state index in [1.165, 1.54) is 6.21 Å². The topological polar surface area (TPSA) is 67.1 Å². The van der Waals surface area contributed by atoms with Crippen molar-refractivity contribution in [2.24, 2.45) is 0 Å². The number of pyridine rings is 1. The molecule has 0 aromatic carbocycles. The Morgan fingerprint density at radius 1 is 1.32 bits per heavy atom. The zero-order valence-corrected chi connectivity index (χ0v) is 12.4. The van der Waals surface area contributed by atoms with Gasteiger partial charge in [0.05, 0.1) is 10.6 Å². The van der Waals surface area contributed by atoms with E-state index in [1.54, 1.807) is 4.90 Å². The lowest BCUT2D eigenvalue weighted by atomic mass is 10.2. The molecule has 120 valence electrons. The molecule has 22 heavy (non-hydrogen) atoms. The molecule has 1 aromatic rings. The molecule has 1 saturated heterocycles. The summed E-state index contributed by atoms with van der Waals surface area (Å²) in [4.78, 5) is 7.48. The van der Waals surface area contributed by atoms with E-state index in [2.05, 4.69) is 4.98 Å². The van der Waals surface area contributed by atoms with E-state index in [1.807, 2.05) is 4.90 Å². The summed E-state index contributed by atoms with van der Waals surface area (Å²) in [6, 6.07) is 0.882. The van der Waals surface area contributed by atoms with Crippen LogP contribution in [0.25, 0.3) is 0 Å². The highest BCUT2D eigenvalue weighted by Gasteiger charge is 2.32. The molecule has 9 heteroatoms. The predicted molar refractivity (Wildman–Crippen MR) is 79.2 cm³/mol. The summed E-state index contributed by atoms with van der Waals surface area (Å²) >= 11 is 5.93. The minimum absolute atomic E-state index is 0.0298. The number of anilines is 1. The van der Waals surface area contributed by atoms with Crippen LogP contribution in [0.2, 0.25) is 5.02 Å². The molecule has 2 rings (SSSR count). The van der Waals surface area contributed by atoms with Crippen LogP contribution in [0.3, 0.4) is 0 Å². The van der Waals surface area contributed by atoms with Gasteiger partial charge in [-0.3, -0.25) is 5.41 Å². The number of aromatic nitrogens is 1. The number of piperazine rings is 1. The van der Waals surface area contributed by atoms with E-state index in [0.717, 1.165) is 12.3 Å². The number of rotatable bonds is 3. The predicted octanol–water partition coefficient (Wildman–Crippen LogP) is 2.89. The van der Waals surface area contributed by atoms with Gasteiger partial charge >= 0.3 is 6.18 Å². The summed E-state index contributed by atoms with van der Waals surface area (Å²) in [5.74, 6) is 0.689. The molecule has 0 bridgehead atoms. The van der Waals surface area contributed by atoms with E-state index in [0.29, 0.717) is 37.8 Å². The summed E-state index contributed by atoms with van der Waals surface area (Å²) < 4.78 is 37.8. The molecule has 1 aliphatic heterocycles. The van der Waals surface area contributed by atoms with Gasteiger partial charge < -0.3 is 15.2 Å². The van der Waals surface area contributed by atoms with Crippen LogP contribution in [0, 0.1) is 10.8 Å². The first-order chi connectivity index (χ1) is 10.3. The van der Waals surface area contributed by atoms with Crippen molar-refractivity contribution in [1.82, 2.24) is 9.88 Å². The molecule has 0 radical (unpaired) electrons. The minimum atomic E-state index is -4.46. The van der Waals surface area contributed by atoms with Crippen LogP contribution in [0.15, 0.2) is 12.3 Å². The number of alkyl halides is 3. The maximum atomic E-state index is 12.6. The molecular formula is C13H15ClF3N5. The number of hydrogen-bond acceptors (Lipinski definition) is 4. The molecule has 0 atom stereocenters. The van der Waals surface area contributed by atoms with Gasteiger partial charge in [0.2, 0.25) is 0 Å². The van der Waals surface area contributed by atoms with Gasteiger partial charge in [-0.15, -0.1) is 0 Å². The van der Waals surface area contributed by atoms with E-state index in [4.69, 9.17) is 22.4 Å². The average Bonchev–Trinajstić information content (AvgIpc) is 2.46. The molecule has 0 amide bonds. The second-order valence-corrected chi connectivity index (χ2v) is 5.26. The Hall–Kier alpha value is -1.83. The fourth-order valence-corrected chi connectivity index (χ4v) is 2.52. The quantitative estimate of drug-likeness (QED) is 0.660. The van der Waals surface area contributed by atoms with Crippen molar-refractivity contribution in [3.05, 3.63) is 22.8 Å². The SMILES string of the molecule is N=CCC(=N)N1CCN(c2ncc(C(F)(F)F)cc2Cl)CC1. The van der Waals surface area contributed by atoms with Crippen molar-refractivity contribution in [2.45, 2.75) is 12.6 Å². The van der Waals surface area contributed by atoms with E-state index >= 15 is 0 Å². The molecule has 0 aliphatic carbocycles. The Labute approximate surface area is 130 Å². The highest BCUT2D eigenvalue weighted by molar-refractivity contribution is 6.33. The van der Waals surface area contributed by atoms with Gasteiger partial charge in [0.1, 0.15) is 11.7 Å². The molecule has 1 aromatic heterocycles. The van der Waals surface area contributed by atoms with Crippen molar-refractivity contribution >= 4 is 29.5 Å². The van der Waals surface area contributed by atoms with Crippen molar-refractivity contribution in [3.8, 4) is 0 Å². The average molecular weight is 334 g/mol. The van der Waals surface area contributed by atoms with Crippen LogP contribution in [-0.4, -0.2) is 48.1 Å². The normalized spacial score (nSPS) is 15.8. The highest BCUT2D eigenvalue weighted by atomic mass is 35.5. The van der Waals surface area contributed by atoms with E-state index < -0.39 is 11.7 Å². The fourth-order valence-electron chi connectivity index (χ4n) is 2.23. The number of nitrogens with one attached hydrogen (secondary N) is 2. The summed E-state index contributed by atoms with van der Waals surface area (Å²) in [5, 5.41) is 14.8. The van der Waals surface area contributed by atoms with Crippen LogP contribution in [0.5, 0.6) is 0 Å². The Morgan fingerprint density at radius 2 is 1.95 bits per heavy atom. The minimum Gasteiger partial charge on any atom is -0.357 e. The van der Waals surface area contributed by atoms with Gasteiger partial charge in [-0.05, 0) is 6.07 Å². The maximum absolute atomic E-state index is 12.6. The molecule has 0 unspecified atom stereocenters. The summed E-state index contributed by atoms with van der Waals surface area (Å²) in [5.41, 5.74) is -0.868. The van der Waals surface area contributed by atoms with E-state index in [9.17, 15) is 13.2 Å². The molecule has 0 spiro atoms.